The molecule has 24 heavy (non-hydrogen) atoms. The molecule has 1 amide bonds. The molecule has 0 bridgehead atoms. The number of carbonyl (C=O) groups excluding carboxylic acids is 1. The fourth-order valence-electron chi connectivity index (χ4n) is 3.48. The third-order valence-electron chi connectivity index (χ3n) is 4.80. The van der Waals surface area contributed by atoms with Gasteiger partial charge < -0.3 is 14.8 Å². The van der Waals surface area contributed by atoms with Crippen molar-refractivity contribution in [2.45, 2.75) is 38.3 Å². The average Bonchev–Trinajstić information content (AvgIpc) is 3.24. The van der Waals surface area contributed by atoms with Gasteiger partial charge in [-0.25, -0.2) is 0 Å². The number of nitrogens with zero attached hydrogens (tertiary/aromatic N) is 4. The molecule has 1 saturated heterocycles. The molecule has 0 radical (unpaired) electrons. The lowest BCUT2D eigenvalue weighted by atomic mass is 9.95. The van der Waals surface area contributed by atoms with Gasteiger partial charge in [-0.3, -0.25) is 4.79 Å². The molecule has 0 unspecified atom stereocenters. The van der Waals surface area contributed by atoms with Crippen molar-refractivity contribution in [1.29, 1.82) is 0 Å². The summed E-state index contributed by atoms with van der Waals surface area (Å²) in [5.74, 6) is 2.84. The number of hydrogen-bond donors (Lipinski definition) is 1. The predicted octanol–water partition coefficient (Wildman–Crippen LogP) is 1.81. The number of aromatic nitrogens is 3. The smallest absolute Gasteiger partial charge is 0.227 e. The maximum Gasteiger partial charge on any atom is 0.227 e. The molecule has 2 aromatic rings. The zero-order chi connectivity index (χ0) is 15.6. The van der Waals surface area contributed by atoms with Gasteiger partial charge in [0.15, 0.2) is 0 Å². The van der Waals surface area contributed by atoms with Crippen LogP contribution in [0.25, 0.3) is 0 Å². The van der Waals surface area contributed by atoms with Gasteiger partial charge in [0.1, 0.15) is 11.6 Å². The van der Waals surface area contributed by atoms with Crippen LogP contribution in [-0.2, 0) is 24.3 Å². The summed E-state index contributed by atoms with van der Waals surface area (Å²) in [6, 6.07) is 2.03. The summed E-state index contributed by atoms with van der Waals surface area (Å²) in [5, 5.41) is 16.1. The highest BCUT2D eigenvalue weighted by atomic mass is 35.5. The number of rotatable bonds is 3. The van der Waals surface area contributed by atoms with Crippen LogP contribution in [0.1, 0.15) is 36.0 Å². The standard InChI is InChI=1S/C16H21N5OS.ClH/c22-15(9-12-3-8-23-11-12)20-5-1-13(2-6-20)16-19-18-14-10-17-4-7-21(14)16;/h3,8,11,13,17H,1-2,4-7,9-10H2;1H. The van der Waals surface area contributed by atoms with E-state index in [4.69, 9.17) is 0 Å². The molecule has 2 aromatic heterocycles. The van der Waals surface area contributed by atoms with Crippen LogP contribution >= 0.6 is 23.7 Å². The largest absolute Gasteiger partial charge is 0.342 e. The minimum atomic E-state index is 0. The first-order valence-corrected chi connectivity index (χ1v) is 9.17. The first-order valence-electron chi connectivity index (χ1n) is 8.23. The topological polar surface area (TPSA) is 63.1 Å². The van der Waals surface area contributed by atoms with E-state index in [1.807, 2.05) is 16.3 Å². The van der Waals surface area contributed by atoms with Crippen LogP contribution in [0.4, 0.5) is 0 Å². The minimum absolute atomic E-state index is 0. The SMILES string of the molecule is Cl.O=C(Cc1ccsc1)N1CCC(c2nnc3n2CCNC3)CC1. The molecule has 0 aliphatic carbocycles. The van der Waals surface area contributed by atoms with E-state index in [9.17, 15) is 4.79 Å². The van der Waals surface area contributed by atoms with Crippen LogP contribution in [-0.4, -0.2) is 45.2 Å². The van der Waals surface area contributed by atoms with E-state index >= 15 is 0 Å². The van der Waals surface area contributed by atoms with Crippen LogP contribution in [0.15, 0.2) is 16.8 Å². The number of carbonyl (C=O) groups is 1. The number of piperidine rings is 1. The molecule has 2 aliphatic rings. The predicted molar refractivity (Wildman–Crippen MR) is 95.6 cm³/mol. The molecule has 0 spiro atoms. The number of hydrogen-bond acceptors (Lipinski definition) is 5. The first-order chi connectivity index (χ1) is 11.3. The third-order valence-corrected chi connectivity index (χ3v) is 5.53. The normalized spacial score (nSPS) is 18.1. The highest BCUT2D eigenvalue weighted by Crippen LogP contribution is 2.28. The summed E-state index contributed by atoms with van der Waals surface area (Å²) in [7, 11) is 0. The molecule has 4 heterocycles. The van der Waals surface area contributed by atoms with E-state index in [0.717, 1.165) is 62.8 Å². The quantitative estimate of drug-likeness (QED) is 0.898. The van der Waals surface area contributed by atoms with Crippen molar-refractivity contribution in [1.82, 2.24) is 25.0 Å². The second kappa shape index (κ2) is 7.63. The summed E-state index contributed by atoms with van der Waals surface area (Å²) in [6.07, 6.45) is 2.50. The number of amides is 1. The zero-order valence-corrected chi connectivity index (χ0v) is 15.1. The van der Waals surface area contributed by atoms with E-state index in [1.165, 1.54) is 0 Å². The lowest BCUT2D eigenvalue weighted by molar-refractivity contribution is -0.131. The van der Waals surface area contributed by atoms with E-state index in [-0.39, 0.29) is 18.3 Å². The molecule has 8 heteroatoms. The molecular formula is C16H22ClN5OS. The van der Waals surface area contributed by atoms with Crippen LogP contribution < -0.4 is 5.32 Å². The number of fused-ring (bicyclic) bond motifs is 1. The van der Waals surface area contributed by atoms with Gasteiger partial charge >= 0.3 is 0 Å². The van der Waals surface area contributed by atoms with Gasteiger partial charge in [0, 0.05) is 32.1 Å². The Morgan fingerprint density at radius 3 is 2.88 bits per heavy atom. The van der Waals surface area contributed by atoms with E-state index in [0.29, 0.717) is 12.3 Å². The summed E-state index contributed by atoms with van der Waals surface area (Å²) >= 11 is 1.65. The summed E-state index contributed by atoms with van der Waals surface area (Å²) in [6.45, 7) is 4.40. The molecule has 1 fully saturated rings. The van der Waals surface area contributed by atoms with Gasteiger partial charge in [-0.1, -0.05) is 0 Å². The van der Waals surface area contributed by atoms with E-state index in [2.05, 4.69) is 25.5 Å². The lowest BCUT2D eigenvalue weighted by Crippen LogP contribution is -2.39. The van der Waals surface area contributed by atoms with Crippen LogP contribution in [0.3, 0.4) is 0 Å². The monoisotopic (exact) mass is 367 g/mol. The molecule has 0 atom stereocenters. The fraction of sp³-hybridized carbons (Fsp3) is 0.562. The molecule has 0 saturated carbocycles. The van der Waals surface area contributed by atoms with Crippen LogP contribution in [0.2, 0.25) is 0 Å². The molecular weight excluding hydrogens is 346 g/mol. The van der Waals surface area contributed by atoms with Crippen molar-refractivity contribution in [2.24, 2.45) is 0 Å². The van der Waals surface area contributed by atoms with Gasteiger partial charge in [0.2, 0.25) is 5.91 Å². The Kier molecular flexibility index (Phi) is 5.53. The van der Waals surface area contributed by atoms with Gasteiger partial charge in [0.05, 0.1) is 13.0 Å². The summed E-state index contributed by atoms with van der Waals surface area (Å²) < 4.78 is 2.27. The Morgan fingerprint density at radius 2 is 2.12 bits per heavy atom. The Balaban J connectivity index is 0.00000169. The van der Waals surface area contributed by atoms with Crippen molar-refractivity contribution in [3.8, 4) is 0 Å². The van der Waals surface area contributed by atoms with Gasteiger partial charge in [-0.2, -0.15) is 11.3 Å². The van der Waals surface area contributed by atoms with Crippen LogP contribution in [0.5, 0.6) is 0 Å². The second-order valence-electron chi connectivity index (χ2n) is 6.27. The Hall–Kier alpha value is -1.44. The maximum atomic E-state index is 12.4. The third kappa shape index (κ3) is 3.48. The molecule has 4 rings (SSSR count). The second-order valence-corrected chi connectivity index (χ2v) is 7.05. The molecule has 2 aliphatic heterocycles. The van der Waals surface area contributed by atoms with E-state index < -0.39 is 0 Å². The maximum absolute atomic E-state index is 12.4. The average molecular weight is 368 g/mol. The van der Waals surface area contributed by atoms with E-state index in [1.54, 1.807) is 11.3 Å². The van der Waals surface area contributed by atoms with Gasteiger partial charge in [0.25, 0.3) is 0 Å². The van der Waals surface area contributed by atoms with Crippen molar-refractivity contribution in [2.75, 3.05) is 19.6 Å². The van der Waals surface area contributed by atoms with Gasteiger partial charge in [-0.15, -0.1) is 22.6 Å². The number of halogens is 1. The molecule has 6 nitrogen and oxygen atoms in total. The fourth-order valence-corrected chi connectivity index (χ4v) is 4.15. The number of nitrogens with one attached hydrogen (secondary N) is 1. The van der Waals surface area contributed by atoms with Crippen molar-refractivity contribution < 1.29 is 4.79 Å². The minimum Gasteiger partial charge on any atom is -0.342 e. The summed E-state index contributed by atoms with van der Waals surface area (Å²) in [5.41, 5.74) is 1.13. The first kappa shape index (κ1) is 17.4. The van der Waals surface area contributed by atoms with Gasteiger partial charge in [-0.05, 0) is 35.2 Å². The highest BCUT2D eigenvalue weighted by Gasteiger charge is 2.28. The molecule has 0 aromatic carbocycles. The number of thiophene rings is 1. The highest BCUT2D eigenvalue weighted by molar-refractivity contribution is 7.07. The molecule has 130 valence electrons. The Bertz CT molecular complexity index is 679. The number of likely N-dealkylation sites (tertiary alicyclic amines) is 1. The van der Waals surface area contributed by atoms with Crippen molar-refractivity contribution >= 4 is 29.7 Å². The van der Waals surface area contributed by atoms with Crippen molar-refractivity contribution in [3.63, 3.8) is 0 Å². The lowest BCUT2D eigenvalue weighted by Gasteiger charge is -2.32. The zero-order valence-electron chi connectivity index (χ0n) is 13.5. The Labute approximate surface area is 151 Å². The van der Waals surface area contributed by atoms with Crippen molar-refractivity contribution in [3.05, 3.63) is 34.0 Å². The Morgan fingerprint density at radius 1 is 1.29 bits per heavy atom. The summed E-state index contributed by atoms with van der Waals surface area (Å²) in [4.78, 5) is 14.4. The molecule has 1 N–H and O–H groups in total. The van der Waals surface area contributed by atoms with Crippen LogP contribution in [0, 0.1) is 0 Å².